The summed E-state index contributed by atoms with van der Waals surface area (Å²) in [6.45, 7) is 2.07. The van der Waals surface area contributed by atoms with Gasteiger partial charge in [0.15, 0.2) is 0 Å². The molecular weight excluding hydrogens is 244 g/mol. The summed E-state index contributed by atoms with van der Waals surface area (Å²) in [5.41, 5.74) is 9.74. The van der Waals surface area contributed by atoms with Crippen molar-refractivity contribution in [3.05, 3.63) is 47.7 Å². The lowest BCUT2D eigenvalue weighted by Gasteiger charge is -1.99. The van der Waals surface area contributed by atoms with Crippen LogP contribution < -0.4 is 5.73 Å². The highest BCUT2D eigenvalue weighted by atomic mass is 32.1. The predicted octanol–water partition coefficient (Wildman–Crippen LogP) is 2.89. The molecule has 3 aromatic rings. The minimum Gasteiger partial charge on any atom is -0.396 e. The maximum Gasteiger partial charge on any atom is 0.126 e. The van der Waals surface area contributed by atoms with Crippen LogP contribution in [0.2, 0.25) is 0 Å². The second-order valence-electron chi connectivity index (χ2n) is 4.02. The van der Waals surface area contributed by atoms with E-state index in [0.717, 1.165) is 16.3 Å². The molecule has 0 aliphatic carbocycles. The van der Waals surface area contributed by atoms with Gasteiger partial charge in [0.2, 0.25) is 0 Å². The first kappa shape index (κ1) is 11.0. The number of nitrogen functional groups attached to an aromatic ring is 1. The summed E-state index contributed by atoms with van der Waals surface area (Å²) in [4.78, 5) is 5.12. The van der Waals surface area contributed by atoms with Crippen molar-refractivity contribution >= 4 is 17.0 Å². The molecule has 0 saturated carbocycles. The molecule has 0 aliphatic heterocycles. The van der Waals surface area contributed by atoms with Crippen LogP contribution in [0.25, 0.3) is 16.3 Å². The molecule has 5 heteroatoms. The maximum absolute atomic E-state index is 6.05. The second kappa shape index (κ2) is 4.27. The molecule has 0 amide bonds. The van der Waals surface area contributed by atoms with Crippen LogP contribution >= 0.6 is 11.3 Å². The van der Waals surface area contributed by atoms with E-state index < -0.39 is 0 Å². The average molecular weight is 256 g/mol. The fourth-order valence-corrected chi connectivity index (χ4v) is 2.74. The summed E-state index contributed by atoms with van der Waals surface area (Å²) in [6, 6.07) is 5.87. The van der Waals surface area contributed by atoms with Gasteiger partial charge in [-0.15, -0.1) is 11.3 Å². The van der Waals surface area contributed by atoms with Crippen LogP contribution in [0.5, 0.6) is 0 Å². The van der Waals surface area contributed by atoms with E-state index >= 15 is 0 Å². The van der Waals surface area contributed by atoms with E-state index in [2.05, 4.69) is 28.5 Å². The summed E-state index contributed by atoms with van der Waals surface area (Å²) < 4.78 is 1.78. The summed E-state index contributed by atoms with van der Waals surface area (Å²) in [7, 11) is 0. The van der Waals surface area contributed by atoms with Crippen molar-refractivity contribution in [2.24, 2.45) is 0 Å². The Labute approximate surface area is 109 Å². The van der Waals surface area contributed by atoms with Crippen LogP contribution in [0, 0.1) is 6.92 Å². The fourth-order valence-electron chi connectivity index (χ4n) is 1.81. The first-order valence-corrected chi connectivity index (χ1v) is 6.43. The minimum absolute atomic E-state index is 0.692. The predicted molar refractivity (Wildman–Crippen MR) is 73.8 cm³/mol. The number of hydrogen-bond acceptors (Lipinski definition) is 4. The highest BCUT2D eigenvalue weighted by molar-refractivity contribution is 7.13. The first-order chi connectivity index (χ1) is 8.75. The van der Waals surface area contributed by atoms with Gasteiger partial charge in [-0.1, -0.05) is 0 Å². The zero-order chi connectivity index (χ0) is 12.5. The van der Waals surface area contributed by atoms with Crippen molar-refractivity contribution < 1.29 is 0 Å². The number of nitrogens with zero attached hydrogens (tertiary/aromatic N) is 3. The van der Waals surface area contributed by atoms with Gasteiger partial charge in [0.05, 0.1) is 22.4 Å². The van der Waals surface area contributed by atoms with Crippen molar-refractivity contribution in [3.63, 3.8) is 0 Å². The first-order valence-electron chi connectivity index (χ1n) is 5.56. The van der Waals surface area contributed by atoms with E-state index in [1.165, 1.54) is 5.56 Å². The molecule has 0 saturated heterocycles. The number of aromatic nitrogens is 3. The summed E-state index contributed by atoms with van der Waals surface area (Å²) in [6.07, 6.45) is 5.32. The zero-order valence-corrected chi connectivity index (χ0v) is 10.7. The van der Waals surface area contributed by atoms with Gasteiger partial charge < -0.3 is 5.73 Å². The van der Waals surface area contributed by atoms with Gasteiger partial charge in [0.25, 0.3) is 0 Å². The molecule has 90 valence electrons. The third-order valence-corrected chi connectivity index (χ3v) is 3.77. The standard InChI is InChI=1S/C13H12N4S/c1-9-4-7-18-13(9)12-11(14)8-17(16-12)10-2-5-15-6-3-10/h2-8H,14H2,1H3. The molecule has 0 bridgehead atoms. The molecule has 3 heterocycles. The second-order valence-corrected chi connectivity index (χ2v) is 4.93. The van der Waals surface area contributed by atoms with E-state index in [1.54, 1.807) is 28.4 Å². The number of thiophene rings is 1. The number of pyridine rings is 1. The largest absolute Gasteiger partial charge is 0.396 e. The third kappa shape index (κ3) is 1.78. The van der Waals surface area contributed by atoms with E-state index in [1.807, 2.05) is 18.3 Å². The average Bonchev–Trinajstić information content (AvgIpc) is 2.96. The summed E-state index contributed by atoms with van der Waals surface area (Å²) >= 11 is 1.66. The Morgan fingerprint density at radius 1 is 1.22 bits per heavy atom. The van der Waals surface area contributed by atoms with Gasteiger partial charge in [0, 0.05) is 12.4 Å². The van der Waals surface area contributed by atoms with E-state index in [-0.39, 0.29) is 0 Å². The van der Waals surface area contributed by atoms with Crippen molar-refractivity contribution in [1.29, 1.82) is 0 Å². The monoisotopic (exact) mass is 256 g/mol. The molecule has 0 radical (unpaired) electrons. The van der Waals surface area contributed by atoms with Gasteiger partial charge >= 0.3 is 0 Å². The lowest BCUT2D eigenvalue weighted by Crippen LogP contribution is -1.94. The van der Waals surface area contributed by atoms with Crippen LogP contribution in [-0.4, -0.2) is 14.8 Å². The van der Waals surface area contributed by atoms with Crippen LogP contribution in [0.15, 0.2) is 42.2 Å². The molecule has 0 aromatic carbocycles. The Bertz CT molecular complexity index is 669. The highest BCUT2D eigenvalue weighted by Gasteiger charge is 2.12. The van der Waals surface area contributed by atoms with Crippen molar-refractivity contribution in [1.82, 2.24) is 14.8 Å². The SMILES string of the molecule is Cc1ccsc1-c1nn(-c2ccncc2)cc1N. The van der Waals surface area contributed by atoms with Gasteiger partial charge in [-0.2, -0.15) is 5.10 Å². The molecule has 0 spiro atoms. The Morgan fingerprint density at radius 3 is 2.67 bits per heavy atom. The number of anilines is 1. The normalized spacial score (nSPS) is 10.7. The van der Waals surface area contributed by atoms with Gasteiger partial charge in [0.1, 0.15) is 5.69 Å². The quantitative estimate of drug-likeness (QED) is 0.767. The Morgan fingerprint density at radius 2 is 2.00 bits per heavy atom. The molecule has 0 fully saturated rings. The molecule has 0 unspecified atom stereocenters. The topological polar surface area (TPSA) is 56.7 Å². The molecule has 4 nitrogen and oxygen atoms in total. The Balaban J connectivity index is 2.10. The van der Waals surface area contributed by atoms with Crippen molar-refractivity contribution in [2.75, 3.05) is 5.73 Å². The molecule has 18 heavy (non-hydrogen) atoms. The van der Waals surface area contributed by atoms with Crippen molar-refractivity contribution in [2.45, 2.75) is 6.92 Å². The Kier molecular flexibility index (Phi) is 2.60. The van der Waals surface area contributed by atoms with Crippen LogP contribution in [-0.2, 0) is 0 Å². The van der Waals surface area contributed by atoms with Crippen molar-refractivity contribution in [3.8, 4) is 16.3 Å². The number of aryl methyl sites for hydroxylation is 1. The van der Waals surface area contributed by atoms with E-state index in [4.69, 9.17) is 5.73 Å². The summed E-state index contributed by atoms with van der Waals surface area (Å²) in [5.74, 6) is 0. The fraction of sp³-hybridized carbons (Fsp3) is 0.0769. The zero-order valence-electron chi connectivity index (χ0n) is 9.87. The molecule has 0 aliphatic rings. The van der Waals surface area contributed by atoms with Gasteiger partial charge in [-0.05, 0) is 36.1 Å². The highest BCUT2D eigenvalue weighted by Crippen LogP contribution is 2.32. The number of hydrogen-bond donors (Lipinski definition) is 1. The van der Waals surface area contributed by atoms with E-state index in [9.17, 15) is 0 Å². The maximum atomic E-state index is 6.05. The molecule has 3 aromatic heterocycles. The smallest absolute Gasteiger partial charge is 0.126 e. The number of nitrogens with two attached hydrogens (primary N) is 1. The minimum atomic E-state index is 0.692. The third-order valence-electron chi connectivity index (χ3n) is 2.75. The molecule has 3 rings (SSSR count). The number of rotatable bonds is 2. The Hall–Kier alpha value is -2.14. The lowest BCUT2D eigenvalue weighted by molar-refractivity contribution is 0.882. The van der Waals surface area contributed by atoms with Crippen LogP contribution in [0.1, 0.15) is 5.56 Å². The van der Waals surface area contributed by atoms with E-state index in [0.29, 0.717) is 5.69 Å². The van der Waals surface area contributed by atoms with Crippen LogP contribution in [0.3, 0.4) is 0 Å². The molecule has 0 atom stereocenters. The summed E-state index contributed by atoms with van der Waals surface area (Å²) in [5, 5.41) is 6.61. The molecular formula is C13H12N4S. The molecule has 2 N–H and O–H groups in total. The van der Waals surface area contributed by atoms with Gasteiger partial charge in [-0.25, -0.2) is 4.68 Å². The van der Waals surface area contributed by atoms with Crippen LogP contribution in [0.4, 0.5) is 5.69 Å². The lowest BCUT2D eigenvalue weighted by atomic mass is 10.2. The van der Waals surface area contributed by atoms with Gasteiger partial charge in [-0.3, -0.25) is 4.98 Å².